The van der Waals surface area contributed by atoms with Gasteiger partial charge in [0.05, 0.1) is 5.60 Å². The number of nitrogens with one attached hydrogen (secondary N) is 1. The Balaban J connectivity index is 2.41. The van der Waals surface area contributed by atoms with Gasteiger partial charge in [0, 0.05) is 26.1 Å². The van der Waals surface area contributed by atoms with Crippen LogP contribution in [0.5, 0.6) is 0 Å². The summed E-state index contributed by atoms with van der Waals surface area (Å²) in [6.45, 7) is 8.73. The summed E-state index contributed by atoms with van der Waals surface area (Å²) in [4.78, 5) is 24.7. The summed E-state index contributed by atoms with van der Waals surface area (Å²) in [7, 11) is 0. The van der Waals surface area contributed by atoms with Crippen LogP contribution < -0.4 is 5.32 Å². The van der Waals surface area contributed by atoms with E-state index in [4.69, 9.17) is 4.74 Å². The van der Waals surface area contributed by atoms with E-state index in [-0.39, 0.29) is 30.1 Å². The zero-order valence-corrected chi connectivity index (χ0v) is 11.8. The van der Waals surface area contributed by atoms with Crippen molar-refractivity contribution in [1.29, 1.82) is 0 Å². The van der Waals surface area contributed by atoms with Crippen LogP contribution in [0.2, 0.25) is 0 Å². The first-order valence-corrected chi connectivity index (χ1v) is 6.47. The van der Waals surface area contributed by atoms with Gasteiger partial charge >= 0.3 is 0 Å². The lowest BCUT2D eigenvalue weighted by Gasteiger charge is -2.33. The van der Waals surface area contributed by atoms with Crippen molar-refractivity contribution in [2.24, 2.45) is 0 Å². The van der Waals surface area contributed by atoms with Gasteiger partial charge in [0.25, 0.3) is 0 Å². The molecule has 1 unspecified atom stereocenters. The zero-order valence-electron chi connectivity index (χ0n) is 11.8. The fraction of sp³-hybridized carbons (Fsp3) is 0.846. The first-order valence-electron chi connectivity index (χ1n) is 6.47. The smallest absolute Gasteiger partial charge is 0.248 e. The molecule has 1 N–H and O–H groups in total. The molecule has 0 saturated carbocycles. The lowest BCUT2D eigenvalue weighted by Crippen LogP contribution is -2.50. The van der Waals surface area contributed by atoms with E-state index < -0.39 is 0 Å². The van der Waals surface area contributed by atoms with Gasteiger partial charge in [0.1, 0.15) is 6.61 Å². The predicted molar refractivity (Wildman–Crippen MR) is 69.1 cm³/mol. The van der Waals surface area contributed by atoms with Crippen molar-refractivity contribution < 1.29 is 14.3 Å². The first kappa shape index (κ1) is 15.0. The molecule has 0 bridgehead atoms. The van der Waals surface area contributed by atoms with E-state index in [1.54, 1.807) is 4.90 Å². The standard InChI is InChI=1S/C13H24N2O3/c1-10(16)14-11-6-5-7-15(8-11)12(17)9-18-13(2,3)4/h11H,5-9H2,1-4H3,(H,14,16). The fourth-order valence-electron chi connectivity index (χ4n) is 1.98. The van der Waals surface area contributed by atoms with Crippen LogP contribution >= 0.6 is 0 Å². The van der Waals surface area contributed by atoms with E-state index in [2.05, 4.69) is 5.32 Å². The third-order valence-electron chi connectivity index (χ3n) is 2.81. The molecule has 0 spiro atoms. The van der Waals surface area contributed by atoms with Crippen LogP contribution in [0.3, 0.4) is 0 Å². The minimum absolute atomic E-state index is 0.0000213. The molecule has 104 valence electrons. The largest absolute Gasteiger partial charge is 0.366 e. The summed E-state index contributed by atoms with van der Waals surface area (Å²) in [5, 5.41) is 2.87. The molecule has 1 aliphatic rings. The molecule has 0 aliphatic carbocycles. The van der Waals surface area contributed by atoms with E-state index in [0.717, 1.165) is 19.4 Å². The van der Waals surface area contributed by atoms with Gasteiger partial charge in [-0.3, -0.25) is 9.59 Å². The maximum Gasteiger partial charge on any atom is 0.248 e. The second kappa shape index (κ2) is 6.18. The molecule has 1 saturated heterocycles. The third-order valence-corrected chi connectivity index (χ3v) is 2.81. The molecule has 0 aromatic carbocycles. The number of piperidine rings is 1. The van der Waals surface area contributed by atoms with Gasteiger partial charge in [-0.15, -0.1) is 0 Å². The van der Waals surface area contributed by atoms with E-state index in [1.165, 1.54) is 6.92 Å². The Morgan fingerprint density at radius 1 is 1.39 bits per heavy atom. The van der Waals surface area contributed by atoms with Gasteiger partial charge in [0.2, 0.25) is 11.8 Å². The highest BCUT2D eigenvalue weighted by atomic mass is 16.5. The molecule has 18 heavy (non-hydrogen) atoms. The van der Waals surface area contributed by atoms with E-state index in [0.29, 0.717) is 6.54 Å². The maximum atomic E-state index is 12.0. The maximum absolute atomic E-state index is 12.0. The number of ether oxygens (including phenoxy) is 1. The number of hydrogen-bond donors (Lipinski definition) is 1. The molecule has 5 heteroatoms. The van der Waals surface area contributed by atoms with Crippen molar-refractivity contribution in [3.63, 3.8) is 0 Å². The van der Waals surface area contributed by atoms with Gasteiger partial charge in [-0.1, -0.05) is 0 Å². The molecular formula is C13H24N2O3. The number of nitrogens with zero attached hydrogens (tertiary/aromatic N) is 1. The first-order chi connectivity index (χ1) is 8.28. The van der Waals surface area contributed by atoms with Gasteiger partial charge in [-0.25, -0.2) is 0 Å². The summed E-state index contributed by atoms with van der Waals surface area (Å²) in [5.74, 6) is -0.0415. The van der Waals surface area contributed by atoms with Crippen molar-refractivity contribution in [2.75, 3.05) is 19.7 Å². The molecule has 0 aromatic rings. The van der Waals surface area contributed by atoms with E-state index in [9.17, 15) is 9.59 Å². The predicted octanol–water partition coefficient (Wildman–Crippen LogP) is 0.929. The molecule has 5 nitrogen and oxygen atoms in total. The number of hydrogen-bond acceptors (Lipinski definition) is 3. The van der Waals surface area contributed by atoms with Crippen LogP contribution in [0.25, 0.3) is 0 Å². The van der Waals surface area contributed by atoms with Crippen molar-refractivity contribution in [3.05, 3.63) is 0 Å². The fourth-order valence-corrected chi connectivity index (χ4v) is 1.98. The van der Waals surface area contributed by atoms with Crippen molar-refractivity contribution >= 4 is 11.8 Å². The number of carbonyl (C=O) groups is 2. The Labute approximate surface area is 109 Å². The Morgan fingerprint density at radius 2 is 2.06 bits per heavy atom. The second-order valence-electron chi connectivity index (χ2n) is 5.78. The quantitative estimate of drug-likeness (QED) is 0.817. The summed E-state index contributed by atoms with van der Waals surface area (Å²) >= 11 is 0. The summed E-state index contributed by atoms with van der Waals surface area (Å²) < 4.78 is 5.48. The molecule has 2 amide bonds. The molecule has 1 aliphatic heterocycles. The summed E-state index contributed by atoms with van der Waals surface area (Å²) in [6.07, 6.45) is 1.86. The minimum atomic E-state index is -0.303. The third kappa shape index (κ3) is 5.49. The zero-order chi connectivity index (χ0) is 13.8. The van der Waals surface area contributed by atoms with Crippen molar-refractivity contribution in [1.82, 2.24) is 10.2 Å². The number of likely N-dealkylation sites (tertiary alicyclic amines) is 1. The van der Waals surface area contributed by atoms with Gasteiger partial charge in [-0.05, 0) is 33.6 Å². The Hall–Kier alpha value is -1.10. The monoisotopic (exact) mass is 256 g/mol. The van der Waals surface area contributed by atoms with Gasteiger partial charge in [0.15, 0.2) is 0 Å². The molecule has 1 heterocycles. The average molecular weight is 256 g/mol. The van der Waals surface area contributed by atoms with Crippen LogP contribution in [0, 0.1) is 0 Å². The molecule has 0 radical (unpaired) electrons. The van der Waals surface area contributed by atoms with Gasteiger partial charge in [-0.2, -0.15) is 0 Å². The second-order valence-corrected chi connectivity index (χ2v) is 5.78. The van der Waals surface area contributed by atoms with Gasteiger partial charge < -0.3 is 15.0 Å². The summed E-state index contributed by atoms with van der Waals surface area (Å²) in [5.41, 5.74) is -0.303. The Bertz CT molecular complexity index is 310. The molecule has 1 fully saturated rings. The molecule has 1 atom stereocenters. The highest BCUT2D eigenvalue weighted by Gasteiger charge is 2.25. The lowest BCUT2D eigenvalue weighted by molar-refractivity contribution is -0.142. The number of amides is 2. The molecule has 1 rings (SSSR count). The Morgan fingerprint density at radius 3 is 2.61 bits per heavy atom. The minimum Gasteiger partial charge on any atom is -0.366 e. The highest BCUT2D eigenvalue weighted by Crippen LogP contribution is 2.12. The molecular weight excluding hydrogens is 232 g/mol. The van der Waals surface area contributed by atoms with E-state index in [1.807, 2.05) is 20.8 Å². The van der Waals surface area contributed by atoms with Crippen LogP contribution in [-0.2, 0) is 14.3 Å². The van der Waals surface area contributed by atoms with Crippen LogP contribution in [-0.4, -0.2) is 48.1 Å². The van der Waals surface area contributed by atoms with Crippen LogP contribution in [0.15, 0.2) is 0 Å². The number of carbonyl (C=O) groups excluding carboxylic acids is 2. The number of rotatable bonds is 3. The molecule has 0 aromatic heterocycles. The van der Waals surface area contributed by atoms with Crippen molar-refractivity contribution in [3.8, 4) is 0 Å². The Kier molecular flexibility index (Phi) is 5.14. The average Bonchev–Trinajstić information content (AvgIpc) is 2.24. The van der Waals surface area contributed by atoms with Crippen molar-refractivity contribution in [2.45, 2.75) is 52.2 Å². The highest BCUT2D eigenvalue weighted by molar-refractivity contribution is 5.78. The normalized spacial score (nSPS) is 20.7. The topological polar surface area (TPSA) is 58.6 Å². The SMILES string of the molecule is CC(=O)NC1CCCN(C(=O)COC(C)(C)C)C1. The summed E-state index contributed by atoms with van der Waals surface area (Å²) in [6, 6.07) is 0.0786. The lowest BCUT2D eigenvalue weighted by atomic mass is 10.1. The van der Waals surface area contributed by atoms with Crippen LogP contribution in [0.1, 0.15) is 40.5 Å². The van der Waals surface area contributed by atoms with Crippen LogP contribution in [0.4, 0.5) is 0 Å². The van der Waals surface area contributed by atoms with E-state index >= 15 is 0 Å².